The van der Waals surface area contributed by atoms with Crippen LogP contribution in [0.3, 0.4) is 0 Å². The van der Waals surface area contributed by atoms with Gasteiger partial charge in [-0.05, 0) is 31.5 Å². The van der Waals surface area contributed by atoms with Crippen LogP contribution < -0.4 is 4.74 Å². The largest absolute Gasteiger partial charge is 0.491 e. The van der Waals surface area contributed by atoms with Gasteiger partial charge < -0.3 is 4.74 Å². The van der Waals surface area contributed by atoms with Crippen molar-refractivity contribution in [2.24, 2.45) is 0 Å². The van der Waals surface area contributed by atoms with Gasteiger partial charge in [0.25, 0.3) is 0 Å². The maximum atomic E-state index is 11.3. The molecular weight excluding hydrogens is 290 g/mol. The standard InChI is InChI=1S/C12H14ClNO4S/c1-8(2)18-10-5-3-9(4-6-10)11-7-12(15)14(11)19(13,16)17/h3-6,8,11H,7H2,1-2H3. The van der Waals surface area contributed by atoms with Gasteiger partial charge in [0.2, 0.25) is 5.91 Å². The predicted molar refractivity (Wildman–Crippen MR) is 71.2 cm³/mol. The monoisotopic (exact) mass is 303 g/mol. The number of carbonyl (C=O) groups is 1. The SMILES string of the molecule is CC(C)Oc1ccc(C2CC(=O)N2S(=O)(=O)Cl)cc1. The molecule has 19 heavy (non-hydrogen) atoms. The van der Waals surface area contributed by atoms with Crippen LogP contribution in [-0.4, -0.2) is 24.7 Å². The van der Waals surface area contributed by atoms with Crippen molar-refractivity contribution < 1.29 is 17.9 Å². The predicted octanol–water partition coefficient (Wildman–Crippen LogP) is 2.23. The fourth-order valence-corrected chi connectivity index (χ4v) is 3.30. The summed E-state index contributed by atoms with van der Waals surface area (Å²) in [5.41, 5.74) is 0.722. The third kappa shape index (κ3) is 3.01. The Hall–Kier alpha value is -1.27. The van der Waals surface area contributed by atoms with Crippen LogP contribution in [0.4, 0.5) is 0 Å². The zero-order valence-electron chi connectivity index (χ0n) is 10.5. The molecule has 1 amide bonds. The molecule has 7 heteroatoms. The van der Waals surface area contributed by atoms with Crippen molar-refractivity contribution >= 4 is 25.8 Å². The summed E-state index contributed by atoms with van der Waals surface area (Å²) < 4.78 is 28.7. The second-order valence-corrected chi connectivity index (χ2v) is 6.97. The first-order valence-corrected chi connectivity index (χ1v) is 8.09. The van der Waals surface area contributed by atoms with Crippen LogP contribution in [0.1, 0.15) is 31.9 Å². The average Bonchev–Trinajstić information content (AvgIpc) is 2.23. The van der Waals surface area contributed by atoms with E-state index < -0.39 is 21.2 Å². The highest BCUT2D eigenvalue weighted by Crippen LogP contribution is 2.38. The lowest BCUT2D eigenvalue weighted by atomic mass is 9.97. The van der Waals surface area contributed by atoms with Gasteiger partial charge in [-0.2, -0.15) is 8.42 Å². The highest BCUT2D eigenvalue weighted by atomic mass is 35.7. The van der Waals surface area contributed by atoms with Crippen molar-refractivity contribution in [2.75, 3.05) is 0 Å². The first-order valence-electron chi connectivity index (χ1n) is 5.82. The molecule has 0 aromatic heterocycles. The summed E-state index contributed by atoms with van der Waals surface area (Å²) in [7, 11) is 1.21. The normalized spacial score (nSPS) is 19.5. The quantitative estimate of drug-likeness (QED) is 0.632. The number of hydrogen-bond acceptors (Lipinski definition) is 4. The molecule has 1 heterocycles. The molecule has 1 saturated heterocycles. The summed E-state index contributed by atoms with van der Waals surface area (Å²) in [6.45, 7) is 3.83. The molecule has 1 aliphatic rings. The Kier molecular flexibility index (Phi) is 3.73. The van der Waals surface area contributed by atoms with Crippen LogP contribution in [0.2, 0.25) is 0 Å². The van der Waals surface area contributed by atoms with Gasteiger partial charge in [0.15, 0.2) is 0 Å². The molecule has 0 spiro atoms. The first-order chi connectivity index (χ1) is 8.79. The molecule has 1 fully saturated rings. The van der Waals surface area contributed by atoms with E-state index >= 15 is 0 Å². The lowest BCUT2D eigenvalue weighted by Crippen LogP contribution is -2.47. The fourth-order valence-electron chi connectivity index (χ4n) is 1.97. The number of hydrogen-bond donors (Lipinski definition) is 0. The third-order valence-corrected chi connectivity index (χ3v) is 4.14. The van der Waals surface area contributed by atoms with Crippen molar-refractivity contribution in [3.05, 3.63) is 29.8 Å². The Balaban J connectivity index is 2.17. The molecule has 1 aromatic carbocycles. The molecule has 0 saturated carbocycles. The first kappa shape index (κ1) is 14.1. The molecule has 5 nitrogen and oxygen atoms in total. The lowest BCUT2D eigenvalue weighted by Gasteiger charge is -2.37. The van der Waals surface area contributed by atoms with E-state index in [1.165, 1.54) is 0 Å². The summed E-state index contributed by atoms with van der Waals surface area (Å²) >= 11 is 0. The Morgan fingerprint density at radius 1 is 1.32 bits per heavy atom. The Morgan fingerprint density at radius 2 is 1.89 bits per heavy atom. The zero-order valence-corrected chi connectivity index (χ0v) is 12.1. The fraction of sp³-hybridized carbons (Fsp3) is 0.417. The second-order valence-electron chi connectivity index (χ2n) is 4.59. The molecular formula is C12H14ClNO4S. The Labute approximate surface area is 116 Å². The van der Waals surface area contributed by atoms with Crippen LogP contribution in [0, 0.1) is 0 Å². The maximum Gasteiger partial charge on any atom is 0.324 e. The maximum absolute atomic E-state index is 11.3. The van der Waals surface area contributed by atoms with E-state index in [2.05, 4.69) is 0 Å². The summed E-state index contributed by atoms with van der Waals surface area (Å²) in [6, 6.07) is 6.46. The molecule has 1 aromatic rings. The van der Waals surface area contributed by atoms with Crippen molar-refractivity contribution in [2.45, 2.75) is 32.4 Å². The van der Waals surface area contributed by atoms with Gasteiger partial charge in [-0.15, -0.1) is 0 Å². The van der Waals surface area contributed by atoms with Crippen molar-refractivity contribution in [1.82, 2.24) is 4.31 Å². The Morgan fingerprint density at radius 3 is 2.32 bits per heavy atom. The van der Waals surface area contributed by atoms with Crippen LogP contribution in [0.15, 0.2) is 24.3 Å². The van der Waals surface area contributed by atoms with E-state index in [0.29, 0.717) is 10.1 Å². The highest BCUT2D eigenvalue weighted by Gasteiger charge is 2.44. The van der Waals surface area contributed by atoms with Gasteiger partial charge in [-0.25, -0.2) is 4.31 Å². The summed E-state index contributed by atoms with van der Waals surface area (Å²) in [4.78, 5) is 11.3. The minimum Gasteiger partial charge on any atom is -0.491 e. The average molecular weight is 304 g/mol. The van der Waals surface area contributed by atoms with Gasteiger partial charge in [-0.3, -0.25) is 4.79 Å². The van der Waals surface area contributed by atoms with E-state index in [1.54, 1.807) is 24.3 Å². The molecule has 1 atom stereocenters. The van der Waals surface area contributed by atoms with Crippen molar-refractivity contribution in [3.8, 4) is 5.75 Å². The minimum absolute atomic E-state index is 0.0656. The van der Waals surface area contributed by atoms with Gasteiger partial charge >= 0.3 is 9.24 Å². The molecule has 104 valence electrons. The molecule has 0 bridgehead atoms. The molecule has 1 unspecified atom stereocenters. The number of halogens is 1. The summed E-state index contributed by atoms with van der Waals surface area (Å²) in [5, 5.41) is 0. The van der Waals surface area contributed by atoms with Crippen LogP contribution >= 0.6 is 10.7 Å². The van der Waals surface area contributed by atoms with Gasteiger partial charge in [0.1, 0.15) is 5.75 Å². The number of rotatable bonds is 4. The Bertz CT molecular complexity index is 582. The van der Waals surface area contributed by atoms with E-state index in [4.69, 9.17) is 15.4 Å². The molecule has 2 rings (SSSR count). The molecule has 0 aliphatic carbocycles. The smallest absolute Gasteiger partial charge is 0.324 e. The second kappa shape index (κ2) is 5.02. The number of β-lactam (4-membered cyclic amide) rings is 1. The zero-order chi connectivity index (χ0) is 14.2. The number of carbonyl (C=O) groups excluding carboxylic acids is 1. The summed E-state index contributed by atoms with van der Waals surface area (Å²) in [5.74, 6) is 0.215. The van der Waals surface area contributed by atoms with Crippen molar-refractivity contribution in [1.29, 1.82) is 0 Å². The van der Waals surface area contributed by atoms with Crippen LogP contribution in [0.25, 0.3) is 0 Å². The van der Waals surface area contributed by atoms with Crippen LogP contribution in [-0.2, 0) is 14.0 Å². The number of nitrogens with zero attached hydrogens (tertiary/aromatic N) is 1. The van der Waals surface area contributed by atoms with E-state index in [0.717, 1.165) is 5.56 Å². The van der Waals surface area contributed by atoms with Gasteiger partial charge in [-0.1, -0.05) is 12.1 Å². The lowest BCUT2D eigenvalue weighted by molar-refractivity contribution is -0.137. The highest BCUT2D eigenvalue weighted by molar-refractivity contribution is 8.12. The van der Waals surface area contributed by atoms with E-state index in [-0.39, 0.29) is 12.5 Å². The van der Waals surface area contributed by atoms with Crippen LogP contribution in [0.5, 0.6) is 5.75 Å². The van der Waals surface area contributed by atoms with E-state index in [1.807, 2.05) is 13.8 Å². The molecule has 0 radical (unpaired) electrons. The third-order valence-electron chi connectivity index (χ3n) is 2.77. The topological polar surface area (TPSA) is 63.7 Å². The number of amides is 1. The van der Waals surface area contributed by atoms with Gasteiger partial charge in [0.05, 0.1) is 18.6 Å². The summed E-state index contributed by atoms with van der Waals surface area (Å²) in [6.07, 6.45) is 0.215. The molecule has 0 N–H and O–H groups in total. The number of ether oxygens (including phenoxy) is 1. The number of benzene rings is 1. The van der Waals surface area contributed by atoms with Crippen molar-refractivity contribution in [3.63, 3.8) is 0 Å². The molecule has 1 aliphatic heterocycles. The van der Waals surface area contributed by atoms with E-state index in [9.17, 15) is 13.2 Å². The van der Waals surface area contributed by atoms with Gasteiger partial charge in [0, 0.05) is 10.7 Å². The minimum atomic E-state index is -4.02.